The summed E-state index contributed by atoms with van der Waals surface area (Å²) in [4.78, 5) is 4.70. The van der Waals surface area contributed by atoms with Crippen molar-refractivity contribution in [2.75, 3.05) is 19.8 Å². The second-order valence-electron chi connectivity index (χ2n) is 6.77. The molecule has 2 aromatic carbocycles. The van der Waals surface area contributed by atoms with E-state index in [1.165, 1.54) is 0 Å². The highest BCUT2D eigenvalue weighted by molar-refractivity contribution is 5.40. The lowest BCUT2D eigenvalue weighted by Crippen LogP contribution is -2.43. The third kappa shape index (κ3) is 3.71. The Labute approximate surface area is 144 Å². The zero-order chi connectivity index (χ0) is 17.1. The van der Waals surface area contributed by atoms with Gasteiger partial charge in [0, 0.05) is 37.3 Å². The molecule has 3 rings (SSSR count). The Balaban J connectivity index is 1.66. The number of aryl methyl sites for hydroxylation is 2. The number of phenolic OH excluding ortho intramolecular Hbond substituents is 2. The van der Waals surface area contributed by atoms with Crippen LogP contribution in [0.2, 0.25) is 0 Å². The molecule has 1 heterocycles. The molecule has 0 radical (unpaired) electrons. The molecule has 1 fully saturated rings. The highest BCUT2D eigenvalue weighted by Crippen LogP contribution is 2.26. The van der Waals surface area contributed by atoms with Gasteiger partial charge in [0.05, 0.1) is 6.67 Å². The summed E-state index contributed by atoms with van der Waals surface area (Å²) in [6.07, 6.45) is 1.10. The Kier molecular flexibility index (Phi) is 5.07. The molecule has 4 nitrogen and oxygen atoms in total. The van der Waals surface area contributed by atoms with Crippen LogP contribution in [0.15, 0.2) is 36.4 Å². The fraction of sp³-hybridized carbons (Fsp3) is 0.400. The van der Waals surface area contributed by atoms with Crippen molar-refractivity contribution in [1.29, 1.82) is 0 Å². The van der Waals surface area contributed by atoms with Crippen molar-refractivity contribution < 1.29 is 10.2 Å². The molecule has 0 aliphatic carbocycles. The second kappa shape index (κ2) is 7.24. The molecule has 24 heavy (non-hydrogen) atoms. The average molecular weight is 326 g/mol. The minimum atomic E-state index is 0.408. The fourth-order valence-corrected chi connectivity index (χ4v) is 3.38. The highest BCUT2D eigenvalue weighted by Gasteiger charge is 2.20. The molecule has 0 aromatic heterocycles. The van der Waals surface area contributed by atoms with Gasteiger partial charge in [0.25, 0.3) is 0 Å². The minimum absolute atomic E-state index is 0.408. The average Bonchev–Trinajstić information content (AvgIpc) is 2.57. The van der Waals surface area contributed by atoms with E-state index in [-0.39, 0.29) is 0 Å². The van der Waals surface area contributed by atoms with Gasteiger partial charge in [-0.05, 0) is 31.4 Å². The maximum atomic E-state index is 10.2. The minimum Gasteiger partial charge on any atom is -0.507 e. The first-order valence-corrected chi connectivity index (χ1v) is 8.54. The number of benzene rings is 2. The van der Waals surface area contributed by atoms with Crippen LogP contribution in [0.3, 0.4) is 0 Å². The number of hydrogen-bond donors (Lipinski definition) is 2. The van der Waals surface area contributed by atoms with Gasteiger partial charge in [-0.15, -0.1) is 0 Å². The monoisotopic (exact) mass is 326 g/mol. The molecule has 0 saturated carbocycles. The molecule has 0 atom stereocenters. The van der Waals surface area contributed by atoms with Gasteiger partial charge in [-0.3, -0.25) is 9.80 Å². The van der Waals surface area contributed by atoms with Crippen molar-refractivity contribution in [3.8, 4) is 11.5 Å². The molecule has 0 unspecified atom stereocenters. The van der Waals surface area contributed by atoms with Crippen LogP contribution in [0, 0.1) is 13.8 Å². The number of hydrogen-bond acceptors (Lipinski definition) is 4. The molecule has 1 aliphatic heterocycles. The number of para-hydroxylation sites is 2. The topological polar surface area (TPSA) is 46.9 Å². The van der Waals surface area contributed by atoms with Crippen molar-refractivity contribution in [1.82, 2.24) is 9.80 Å². The lowest BCUT2D eigenvalue weighted by molar-refractivity contribution is 0.0734. The molecule has 4 heteroatoms. The van der Waals surface area contributed by atoms with Crippen molar-refractivity contribution in [3.63, 3.8) is 0 Å². The van der Waals surface area contributed by atoms with Gasteiger partial charge in [-0.2, -0.15) is 0 Å². The first kappa shape index (κ1) is 16.8. The number of rotatable bonds is 4. The van der Waals surface area contributed by atoms with E-state index >= 15 is 0 Å². The van der Waals surface area contributed by atoms with Crippen molar-refractivity contribution in [2.24, 2.45) is 0 Å². The predicted molar refractivity (Wildman–Crippen MR) is 96.0 cm³/mol. The van der Waals surface area contributed by atoms with Gasteiger partial charge in [0.1, 0.15) is 11.5 Å². The van der Waals surface area contributed by atoms with Crippen molar-refractivity contribution in [3.05, 3.63) is 58.7 Å². The third-order valence-corrected chi connectivity index (χ3v) is 4.78. The summed E-state index contributed by atoms with van der Waals surface area (Å²) in [5.74, 6) is 0.817. The first-order chi connectivity index (χ1) is 11.5. The molecule has 0 amide bonds. The van der Waals surface area contributed by atoms with Crippen LogP contribution in [0.4, 0.5) is 0 Å². The summed E-state index contributed by atoms with van der Waals surface area (Å²) >= 11 is 0. The summed E-state index contributed by atoms with van der Waals surface area (Å²) in [7, 11) is 0. The van der Waals surface area contributed by atoms with E-state index < -0.39 is 0 Å². The Morgan fingerprint density at radius 1 is 0.792 bits per heavy atom. The molecule has 0 bridgehead atoms. The molecular weight excluding hydrogens is 300 g/mol. The van der Waals surface area contributed by atoms with Crippen LogP contribution in [-0.4, -0.2) is 39.8 Å². The smallest absolute Gasteiger partial charge is 0.122 e. The predicted octanol–water partition coefficient (Wildman–Crippen LogP) is 3.38. The quantitative estimate of drug-likeness (QED) is 0.904. The van der Waals surface area contributed by atoms with Crippen molar-refractivity contribution >= 4 is 0 Å². The van der Waals surface area contributed by atoms with E-state index in [1.807, 2.05) is 50.2 Å². The van der Waals surface area contributed by atoms with Gasteiger partial charge >= 0.3 is 0 Å². The Bertz CT molecular complexity index is 655. The van der Waals surface area contributed by atoms with E-state index in [4.69, 9.17) is 0 Å². The Morgan fingerprint density at radius 3 is 1.71 bits per heavy atom. The lowest BCUT2D eigenvalue weighted by Gasteiger charge is -2.36. The molecule has 128 valence electrons. The highest BCUT2D eigenvalue weighted by atomic mass is 16.3. The SMILES string of the molecule is Cc1cccc(CN2CCCN(Cc3cccc(C)c3O)C2)c1O. The van der Waals surface area contributed by atoms with Crippen LogP contribution in [0.25, 0.3) is 0 Å². The van der Waals surface area contributed by atoms with E-state index in [2.05, 4.69) is 9.80 Å². The van der Waals surface area contributed by atoms with Gasteiger partial charge in [-0.1, -0.05) is 36.4 Å². The standard InChI is InChI=1S/C20H26N2O2/c1-15-6-3-8-17(19(15)23)12-21-10-5-11-22(14-21)13-18-9-4-7-16(2)20(18)24/h3-4,6-9,23-24H,5,10-14H2,1-2H3. The Morgan fingerprint density at radius 2 is 1.25 bits per heavy atom. The van der Waals surface area contributed by atoms with Gasteiger partial charge < -0.3 is 10.2 Å². The maximum absolute atomic E-state index is 10.2. The van der Waals surface area contributed by atoms with Crippen LogP contribution >= 0.6 is 0 Å². The normalized spacial score (nSPS) is 16.4. The van der Waals surface area contributed by atoms with Crippen LogP contribution < -0.4 is 0 Å². The molecule has 1 saturated heterocycles. The Hall–Kier alpha value is -2.04. The van der Waals surface area contributed by atoms with Crippen LogP contribution in [0.1, 0.15) is 28.7 Å². The first-order valence-electron chi connectivity index (χ1n) is 8.54. The molecule has 2 N–H and O–H groups in total. The van der Waals surface area contributed by atoms with Crippen molar-refractivity contribution in [2.45, 2.75) is 33.4 Å². The van der Waals surface area contributed by atoms with Crippen LogP contribution in [-0.2, 0) is 13.1 Å². The van der Waals surface area contributed by atoms with E-state index in [0.717, 1.165) is 61.5 Å². The zero-order valence-electron chi connectivity index (χ0n) is 14.5. The van der Waals surface area contributed by atoms with Gasteiger partial charge in [0.15, 0.2) is 0 Å². The van der Waals surface area contributed by atoms with E-state index in [0.29, 0.717) is 11.5 Å². The summed E-state index contributed by atoms with van der Waals surface area (Å²) in [6.45, 7) is 8.28. The summed E-state index contributed by atoms with van der Waals surface area (Å²) < 4.78 is 0. The van der Waals surface area contributed by atoms with E-state index in [1.54, 1.807) is 0 Å². The second-order valence-corrected chi connectivity index (χ2v) is 6.77. The van der Waals surface area contributed by atoms with E-state index in [9.17, 15) is 10.2 Å². The number of aromatic hydroxyl groups is 2. The summed E-state index contributed by atoms with van der Waals surface area (Å²) in [6, 6.07) is 11.8. The maximum Gasteiger partial charge on any atom is 0.122 e. The lowest BCUT2D eigenvalue weighted by atomic mass is 10.1. The number of phenols is 2. The van der Waals surface area contributed by atoms with Gasteiger partial charge in [0.2, 0.25) is 0 Å². The van der Waals surface area contributed by atoms with Gasteiger partial charge in [-0.25, -0.2) is 0 Å². The largest absolute Gasteiger partial charge is 0.507 e. The fourth-order valence-electron chi connectivity index (χ4n) is 3.38. The molecular formula is C20H26N2O2. The molecule has 2 aromatic rings. The van der Waals surface area contributed by atoms with Crippen LogP contribution in [0.5, 0.6) is 11.5 Å². The number of nitrogens with zero attached hydrogens (tertiary/aromatic N) is 2. The molecule has 1 aliphatic rings. The third-order valence-electron chi connectivity index (χ3n) is 4.78. The summed E-state index contributed by atoms with van der Waals surface area (Å²) in [5, 5.41) is 20.4. The summed E-state index contributed by atoms with van der Waals surface area (Å²) in [5.41, 5.74) is 3.81. The zero-order valence-corrected chi connectivity index (χ0v) is 14.5. The molecule has 0 spiro atoms.